The molecule has 1 aliphatic rings. The molecule has 1 aromatic heterocycles. The second kappa shape index (κ2) is 6.54. The smallest absolute Gasteiger partial charge is 0.224 e. The van der Waals surface area contributed by atoms with E-state index in [1.807, 2.05) is 0 Å². The number of aromatic nitrogens is 2. The van der Waals surface area contributed by atoms with E-state index in [0.717, 1.165) is 18.0 Å². The van der Waals surface area contributed by atoms with E-state index in [2.05, 4.69) is 15.3 Å². The summed E-state index contributed by atoms with van der Waals surface area (Å²) < 4.78 is 10.4. The lowest BCUT2D eigenvalue weighted by Gasteiger charge is -2.11. The molecule has 1 N–H and O–H groups in total. The summed E-state index contributed by atoms with van der Waals surface area (Å²) in [6.07, 6.45) is 6.87. The van der Waals surface area contributed by atoms with E-state index in [1.54, 1.807) is 14.2 Å². The molecule has 1 saturated carbocycles. The topological polar surface area (TPSA) is 56.3 Å². The Morgan fingerprint density at radius 3 is 2.44 bits per heavy atom. The largest absolute Gasteiger partial charge is 0.481 e. The van der Waals surface area contributed by atoms with Gasteiger partial charge in [-0.2, -0.15) is 0 Å². The number of rotatable bonds is 8. The maximum Gasteiger partial charge on any atom is 0.224 e. The van der Waals surface area contributed by atoms with Gasteiger partial charge in [0.15, 0.2) is 0 Å². The highest BCUT2D eigenvalue weighted by molar-refractivity contribution is 5.34. The van der Waals surface area contributed by atoms with Crippen molar-refractivity contribution >= 4 is 0 Å². The van der Waals surface area contributed by atoms with Crippen molar-refractivity contribution in [2.45, 2.75) is 32.2 Å². The van der Waals surface area contributed by atoms with E-state index in [0.29, 0.717) is 18.3 Å². The summed E-state index contributed by atoms with van der Waals surface area (Å²) in [6.45, 7) is 1.69. The summed E-state index contributed by atoms with van der Waals surface area (Å²) in [6, 6.07) is 0. The Kier molecular flexibility index (Phi) is 4.75. The second-order valence-corrected chi connectivity index (χ2v) is 4.63. The van der Waals surface area contributed by atoms with E-state index in [1.165, 1.54) is 32.0 Å². The van der Waals surface area contributed by atoms with Crippen LogP contribution in [-0.2, 0) is 6.54 Å². The summed E-state index contributed by atoms with van der Waals surface area (Å²) in [5.41, 5.74) is 0.883. The molecule has 0 radical (unpaired) electrons. The summed E-state index contributed by atoms with van der Waals surface area (Å²) in [4.78, 5) is 8.18. The Balaban J connectivity index is 1.82. The summed E-state index contributed by atoms with van der Waals surface area (Å²) >= 11 is 0. The van der Waals surface area contributed by atoms with Gasteiger partial charge in [0.1, 0.15) is 6.33 Å². The fourth-order valence-electron chi connectivity index (χ4n) is 2.02. The molecular weight excluding hydrogens is 230 g/mol. The molecule has 0 atom stereocenters. The monoisotopic (exact) mass is 251 g/mol. The minimum absolute atomic E-state index is 0.580. The van der Waals surface area contributed by atoms with E-state index in [4.69, 9.17) is 9.47 Å². The van der Waals surface area contributed by atoms with E-state index in [9.17, 15) is 0 Å². The SMILES string of the molecule is COc1ncnc(OC)c1CNCCCC1CC1. The van der Waals surface area contributed by atoms with Crippen LogP contribution < -0.4 is 14.8 Å². The molecule has 0 saturated heterocycles. The first-order valence-corrected chi connectivity index (χ1v) is 6.47. The summed E-state index contributed by atoms with van der Waals surface area (Å²) in [7, 11) is 3.22. The lowest BCUT2D eigenvalue weighted by Crippen LogP contribution is -2.17. The Morgan fingerprint density at radius 1 is 1.22 bits per heavy atom. The molecule has 100 valence electrons. The molecular formula is C13H21N3O2. The van der Waals surface area contributed by atoms with Crippen molar-refractivity contribution < 1.29 is 9.47 Å². The van der Waals surface area contributed by atoms with Crippen LogP contribution in [0.4, 0.5) is 0 Å². The van der Waals surface area contributed by atoms with Crippen LogP contribution in [0.5, 0.6) is 11.8 Å². The van der Waals surface area contributed by atoms with Gasteiger partial charge in [0.2, 0.25) is 11.8 Å². The first-order chi connectivity index (χ1) is 8.85. The summed E-state index contributed by atoms with van der Waals surface area (Å²) in [5.74, 6) is 2.16. The van der Waals surface area contributed by atoms with Gasteiger partial charge in [-0.25, -0.2) is 9.97 Å². The van der Waals surface area contributed by atoms with Crippen molar-refractivity contribution in [2.75, 3.05) is 20.8 Å². The molecule has 5 heteroatoms. The number of nitrogens with one attached hydrogen (secondary N) is 1. The standard InChI is InChI=1S/C13H21N3O2/c1-17-12-11(13(18-2)16-9-15-12)8-14-7-3-4-10-5-6-10/h9-10,14H,3-8H2,1-2H3. The average Bonchev–Trinajstić information content (AvgIpc) is 3.22. The third-order valence-electron chi connectivity index (χ3n) is 3.22. The molecule has 1 fully saturated rings. The van der Waals surface area contributed by atoms with E-state index < -0.39 is 0 Å². The predicted molar refractivity (Wildman–Crippen MR) is 68.8 cm³/mol. The van der Waals surface area contributed by atoms with Crippen LogP contribution in [0, 0.1) is 5.92 Å². The molecule has 1 aliphatic carbocycles. The van der Waals surface area contributed by atoms with Crippen LogP contribution in [-0.4, -0.2) is 30.7 Å². The van der Waals surface area contributed by atoms with Gasteiger partial charge in [0, 0.05) is 6.54 Å². The lowest BCUT2D eigenvalue weighted by molar-refractivity contribution is 0.359. The second-order valence-electron chi connectivity index (χ2n) is 4.63. The quantitative estimate of drug-likeness (QED) is 0.714. The summed E-state index contributed by atoms with van der Waals surface area (Å²) in [5, 5.41) is 3.39. The van der Waals surface area contributed by atoms with Gasteiger partial charge in [-0.1, -0.05) is 12.8 Å². The van der Waals surface area contributed by atoms with Crippen molar-refractivity contribution in [3.63, 3.8) is 0 Å². The van der Waals surface area contributed by atoms with Crippen molar-refractivity contribution in [1.82, 2.24) is 15.3 Å². The van der Waals surface area contributed by atoms with Crippen molar-refractivity contribution in [2.24, 2.45) is 5.92 Å². The maximum atomic E-state index is 5.22. The molecule has 0 spiro atoms. The van der Waals surface area contributed by atoms with Crippen molar-refractivity contribution in [3.05, 3.63) is 11.9 Å². The van der Waals surface area contributed by atoms with Gasteiger partial charge >= 0.3 is 0 Å². The third kappa shape index (κ3) is 3.57. The van der Waals surface area contributed by atoms with Crippen LogP contribution in [0.15, 0.2) is 6.33 Å². The molecule has 0 amide bonds. The molecule has 0 aromatic carbocycles. The zero-order valence-corrected chi connectivity index (χ0v) is 11.1. The molecule has 2 rings (SSSR count). The lowest BCUT2D eigenvalue weighted by atomic mass is 10.2. The predicted octanol–water partition coefficient (Wildman–Crippen LogP) is 1.77. The van der Waals surface area contributed by atoms with Gasteiger partial charge in [0.05, 0.1) is 19.8 Å². The molecule has 5 nitrogen and oxygen atoms in total. The van der Waals surface area contributed by atoms with Crippen LogP contribution in [0.3, 0.4) is 0 Å². The average molecular weight is 251 g/mol. The normalized spacial score (nSPS) is 14.6. The zero-order chi connectivity index (χ0) is 12.8. The van der Waals surface area contributed by atoms with Gasteiger partial charge < -0.3 is 14.8 Å². The highest BCUT2D eigenvalue weighted by atomic mass is 16.5. The highest BCUT2D eigenvalue weighted by Crippen LogP contribution is 2.33. The van der Waals surface area contributed by atoms with Gasteiger partial charge in [-0.15, -0.1) is 0 Å². The number of methoxy groups -OCH3 is 2. The Bertz CT molecular complexity index is 358. The van der Waals surface area contributed by atoms with E-state index in [-0.39, 0.29) is 0 Å². The van der Waals surface area contributed by atoms with Gasteiger partial charge in [-0.3, -0.25) is 0 Å². The molecule has 1 aromatic rings. The molecule has 0 aliphatic heterocycles. The fraction of sp³-hybridized carbons (Fsp3) is 0.692. The van der Waals surface area contributed by atoms with E-state index >= 15 is 0 Å². The number of hydrogen-bond acceptors (Lipinski definition) is 5. The highest BCUT2D eigenvalue weighted by Gasteiger charge is 2.20. The first kappa shape index (κ1) is 13.1. The number of hydrogen-bond donors (Lipinski definition) is 1. The van der Waals surface area contributed by atoms with Crippen molar-refractivity contribution in [1.29, 1.82) is 0 Å². The van der Waals surface area contributed by atoms with Crippen molar-refractivity contribution in [3.8, 4) is 11.8 Å². The van der Waals surface area contributed by atoms with Crippen LogP contribution in [0.2, 0.25) is 0 Å². The molecule has 0 bridgehead atoms. The molecule has 0 unspecified atom stereocenters. The minimum Gasteiger partial charge on any atom is -0.481 e. The maximum absolute atomic E-state index is 5.22. The third-order valence-corrected chi connectivity index (χ3v) is 3.22. The Hall–Kier alpha value is -1.36. The molecule has 1 heterocycles. The number of nitrogens with zero attached hydrogens (tertiary/aromatic N) is 2. The van der Waals surface area contributed by atoms with Crippen LogP contribution in [0.1, 0.15) is 31.2 Å². The first-order valence-electron chi connectivity index (χ1n) is 6.47. The minimum atomic E-state index is 0.580. The van der Waals surface area contributed by atoms with Gasteiger partial charge in [0.25, 0.3) is 0 Å². The Morgan fingerprint density at radius 2 is 1.89 bits per heavy atom. The van der Waals surface area contributed by atoms with Crippen LogP contribution >= 0.6 is 0 Å². The Labute approximate surface area is 108 Å². The fourth-order valence-corrected chi connectivity index (χ4v) is 2.02. The number of ether oxygens (including phenoxy) is 2. The van der Waals surface area contributed by atoms with Gasteiger partial charge in [-0.05, 0) is 25.3 Å². The zero-order valence-electron chi connectivity index (χ0n) is 11.1. The molecule has 18 heavy (non-hydrogen) atoms. The van der Waals surface area contributed by atoms with Crippen LogP contribution in [0.25, 0.3) is 0 Å².